The summed E-state index contributed by atoms with van der Waals surface area (Å²) in [6.45, 7) is 8.80. The van der Waals surface area contributed by atoms with E-state index in [9.17, 15) is 13.2 Å². The van der Waals surface area contributed by atoms with Crippen molar-refractivity contribution in [2.75, 3.05) is 5.32 Å². The van der Waals surface area contributed by atoms with Crippen molar-refractivity contribution in [2.45, 2.75) is 51.6 Å². The van der Waals surface area contributed by atoms with E-state index in [-0.39, 0.29) is 17.6 Å². The van der Waals surface area contributed by atoms with Gasteiger partial charge in [-0.3, -0.25) is 0 Å². The van der Waals surface area contributed by atoms with E-state index < -0.39 is 17.3 Å². The highest BCUT2D eigenvalue weighted by atomic mass is 19.3. The highest BCUT2D eigenvalue weighted by Crippen LogP contribution is 2.43. The van der Waals surface area contributed by atoms with Gasteiger partial charge >= 0.3 is 0 Å². The van der Waals surface area contributed by atoms with E-state index in [2.05, 4.69) is 33.7 Å². The van der Waals surface area contributed by atoms with Gasteiger partial charge in [-0.1, -0.05) is 24.8 Å². The molecule has 1 aromatic carbocycles. The molecule has 0 amide bonds. The Morgan fingerprint density at radius 2 is 2.00 bits per heavy atom. The number of hydrogen-bond acceptors (Lipinski definition) is 4. The Morgan fingerprint density at radius 1 is 1.28 bits per heavy atom. The highest BCUT2D eigenvalue weighted by molar-refractivity contribution is 5.57. The molecule has 0 bridgehead atoms. The quantitative estimate of drug-likeness (QED) is 0.834. The molecule has 1 aliphatic carbocycles. The number of benzene rings is 1. The van der Waals surface area contributed by atoms with E-state index in [1.165, 1.54) is 12.1 Å². The van der Waals surface area contributed by atoms with Crippen LogP contribution >= 0.6 is 0 Å². The standard InChI is InChI=1S/C22H23F3N4/c1-13-10-18-16(12-29(13)21(3)8-9-21)20(28-14(2)27-18)26-11-15-6-5-7-17(19(15)23)22(4,24)25/h5-7,10,12H,1,8-9,11H2,2-4H3,(H,26,27,28). The third-order valence-corrected chi connectivity index (χ3v) is 5.51. The normalized spacial score (nSPS) is 17.3. The van der Waals surface area contributed by atoms with Gasteiger partial charge in [0.1, 0.15) is 17.5 Å². The fourth-order valence-corrected chi connectivity index (χ4v) is 3.57. The largest absolute Gasteiger partial charge is 0.365 e. The second-order valence-electron chi connectivity index (χ2n) is 8.07. The molecule has 29 heavy (non-hydrogen) atoms. The Hall–Kier alpha value is -2.83. The Kier molecular flexibility index (Phi) is 4.44. The molecule has 1 saturated carbocycles. The maximum Gasteiger partial charge on any atom is 0.273 e. The van der Waals surface area contributed by atoms with Gasteiger partial charge in [-0.2, -0.15) is 0 Å². The number of alkyl halides is 2. The molecule has 0 radical (unpaired) electrons. The molecule has 4 rings (SSSR count). The number of rotatable bonds is 5. The van der Waals surface area contributed by atoms with Crippen LogP contribution in [0.5, 0.6) is 0 Å². The van der Waals surface area contributed by atoms with Crippen molar-refractivity contribution in [1.29, 1.82) is 0 Å². The minimum absolute atomic E-state index is 0.0324. The molecule has 1 fully saturated rings. The molecule has 2 aliphatic rings. The van der Waals surface area contributed by atoms with Crippen molar-refractivity contribution in [3.8, 4) is 0 Å². The van der Waals surface area contributed by atoms with E-state index in [1.807, 2.05) is 12.3 Å². The number of nitrogens with zero attached hydrogens (tertiary/aromatic N) is 3. The molecular formula is C22H23F3N4. The molecule has 0 unspecified atom stereocenters. The minimum atomic E-state index is -3.24. The molecule has 7 heteroatoms. The molecule has 2 heterocycles. The second kappa shape index (κ2) is 6.61. The summed E-state index contributed by atoms with van der Waals surface area (Å²) >= 11 is 0. The molecule has 4 nitrogen and oxygen atoms in total. The van der Waals surface area contributed by atoms with Crippen molar-refractivity contribution in [2.24, 2.45) is 0 Å². The van der Waals surface area contributed by atoms with E-state index in [0.29, 0.717) is 18.6 Å². The van der Waals surface area contributed by atoms with Crippen molar-refractivity contribution in [1.82, 2.24) is 14.9 Å². The first-order valence-corrected chi connectivity index (χ1v) is 9.54. The van der Waals surface area contributed by atoms with Gasteiger partial charge in [0.25, 0.3) is 5.92 Å². The Morgan fingerprint density at radius 3 is 2.66 bits per heavy atom. The highest BCUT2D eigenvalue weighted by Gasteiger charge is 2.43. The summed E-state index contributed by atoms with van der Waals surface area (Å²) in [6, 6.07) is 4.04. The molecule has 2 aromatic rings. The molecule has 1 N–H and O–H groups in total. The molecule has 152 valence electrons. The maximum atomic E-state index is 14.6. The first-order valence-electron chi connectivity index (χ1n) is 9.54. The van der Waals surface area contributed by atoms with Crippen molar-refractivity contribution in [3.63, 3.8) is 0 Å². The van der Waals surface area contributed by atoms with Crippen LogP contribution < -0.4 is 15.9 Å². The SMILES string of the molecule is C=C1C=c2nc(C)nc(NCc3cccc(C(C)(F)F)c3F)c2=CN1C1(C)CC1. The van der Waals surface area contributed by atoms with Gasteiger partial charge in [0.15, 0.2) is 0 Å². The number of halogens is 3. The van der Waals surface area contributed by atoms with E-state index in [1.54, 1.807) is 6.92 Å². The number of allylic oxidation sites excluding steroid dienone is 1. The van der Waals surface area contributed by atoms with Crippen LogP contribution in [0.2, 0.25) is 0 Å². The topological polar surface area (TPSA) is 41.1 Å². The zero-order chi connectivity index (χ0) is 21.0. The number of anilines is 1. The molecule has 1 aromatic heterocycles. The lowest BCUT2D eigenvalue weighted by atomic mass is 10.0. The summed E-state index contributed by atoms with van der Waals surface area (Å²) in [5.74, 6) is -3.04. The van der Waals surface area contributed by atoms with Gasteiger partial charge in [-0.25, -0.2) is 23.1 Å². The molecule has 0 spiro atoms. The summed E-state index contributed by atoms with van der Waals surface area (Å²) in [5, 5.41) is 4.63. The molecular weight excluding hydrogens is 377 g/mol. The molecule has 1 aliphatic heterocycles. The Bertz CT molecular complexity index is 1110. The average molecular weight is 400 g/mol. The average Bonchev–Trinajstić information content (AvgIpc) is 3.37. The van der Waals surface area contributed by atoms with Crippen LogP contribution in [-0.4, -0.2) is 20.4 Å². The lowest BCUT2D eigenvalue weighted by Crippen LogP contribution is -2.42. The smallest absolute Gasteiger partial charge is 0.273 e. The van der Waals surface area contributed by atoms with Gasteiger partial charge in [0, 0.05) is 36.5 Å². The number of hydrogen-bond donors (Lipinski definition) is 1. The van der Waals surface area contributed by atoms with Crippen molar-refractivity contribution < 1.29 is 13.2 Å². The monoisotopic (exact) mass is 400 g/mol. The number of fused-ring (bicyclic) bond motifs is 1. The number of aromatic nitrogens is 2. The van der Waals surface area contributed by atoms with E-state index in [4.69, 9.17) is 0 Å². The van der Waals surface area contributed by atoms with Gasteiger partial charge in [0.2, 0.25) is 0 Å². The summed E-state index contributed by atoms with van der Waals surface area (Å²) in [4.78, 5) is 11.1. The maximum absolute atomic E-state index is 14.6. The third-order valence-electron chi connectivity index (χ3n) is 5.51. The zero-order valence-electron chi connectivity index (χ0n) is 16.7. The summed E-state index contributed by atoms with van der Waals surface area (Å²) in [7, 11) is 0. The first kappa shape index (κ1) is 19.5. The third kappa shape index (κ3) is 3.61. The van der Waals surface area contributed by atoms with Crippen LogP contribution in [0.25, 0.3) is 12.3 Å². The Balaban J connectivity index is 1.70. The Labute approximate surface area is 167 Å². The second-order valence-corrected chi connectivity index (χ2v) is 8.07. The first-order chi connectivity index (χ1) is 13.6. The van der Waals surface area contributed by atoms with Crippen molar-refractivity contribution >= 4 is 18.1 Å². The van der Waals surface area contributed by atoms with Crippen LogP contribution in [0.1, 0.15) is 43.6 Å². The van der Waals surface area contributed by atoms with Crippen LogP contribution in [0.3, 0.4) is 0 Å². The molecule has 0 saturated heterocycles. The predicted molar refractivity (Wildman–Crippen MR) is 107 cm³/mol. The van der Waals surface area contributed by atoms with Gasteiger partial charge in [0.05, 0.1) is 16.1 Å². The van der Waals surface area contributed by atoms with Gasteiger partial charge in [-0.05, 0) is 32.8 Å². The fraction of sp³-hybridized carbons (Fsp3) is 0.364. The summed E-state index contributed by atoms with van der Waals surface area (Å²) < 4.78 is 41.8. The van der Waals surface area contributed by atoms with Gasteiger partial charge < -0.3 is 10.2 Å². The lowest BCUT2D eigenvalue weighted by molar-refractivity contribution is 0.0136. The summed E-state index contributed by atoms with van der Waals surface area (Å²) in [6.07, 6.45) is 6.03. The number of aryl methyl sites for hydroxylation is 1. The van der Waals surface area contributed by atoms with Crippen LogP contribution in [0.4, 0.5) is 19.0 Å². The number of nitrogens with one attached hydrogen (secondary N) is 1. The lowest BCUT2D eigenvalue weighted by Gasteiger charge is -2.30. The molecule has 0 atom stereocenters. The van der Waals surface area contributed by atoms with Gasteiger partial charge in [-0.15, -0.1) is 0 Å². The fourth-order valence-electron chi connectivity index (χ4n) is 3.57. The van der Waals surface area contributed by atoms with Crippen molar-refractivity contribution in [3.05, 3.63) is 63.8 Å². The van der Waals surface area contributed by atoms with Crippen LogP contribution in [-0.2, 0) is 12.5 Å². The van der Waals surface area contributed by atoms with Crippen LogP contribution in [0, 0.1) is 12.7 Å². The van der Waals surface area contributed by atoms with E-state index in [0.717, 1.165) is 35.2 Å². The minimum Gasteiger partial charge on any atom is -0.365 e. The van der Waals surface area contributed by atoms with Crippen LogP contribution in [0.15, 0.2) is 30.5 Å². The van der Waals surface area contributed by atoms with E-state index >= 15 is 0 Å². The zero-order valence-corrected chi connectivity index (χ0v) is 16.7. The predicted octanol–water partition coefficient (Wildman–Crippen LogP) is 3.55. The summed E-state index contributed by atoms with van der Waals surface area (Å²) in [5.41, 5.74) is 0.456.